The van der Waals surface area contributed by atoms with Gasteiger partial charge in [-0.15, -0.1) is 6.58 Å². The van der Waals surface area contributed by atoms with Gasteiger partial charge in [-0.3, -0.25) is 0 Å². The van der Waals surface area contributed by atoms with E-state index in [9.17, 15) is 4.79 Å². The van der Waals surface area contributed by atoms with Crippen molar-refractivity contribution in [3.63, 3.8) is 0 Å². The molecule has 0 bridgehead atoms. The van der Waals surface area contributed by atoms with E-state index >= 15 is 0 Å². The van der Waals surface area contributed by atoms with Gasteiger partial charge in [0, 0.05) is 12.7 Å². The van der Waals surface area contributed by atoms with Crippen molar-refractivity contribution in [3.05, 3.63) is 42.5 Å². The summed E-state index contributed by atoms with van der Waals surface area (Å²) in [5.41, 5.74) is 2.01. The van der Waals surface area contributed by atoms with E-state index in [4.69, 9.17) is 5.11 Å². The molecule has 16 heavy (non-hydrogen) atoms. The first-order valence-electron chi connectivity index (χ1n) is 5.20. The van der Waals surface area contributed by atoms with Crippen LogP contribution < -0.4 is 4.90 Å². The van der Waals surface area contributed by atoms with Crippen LogP contribution in [0.25, 0.3) is 0 Å². The number of hydrogen-bond acceptors (Lipinski definition) is 2. The highest BCUT2D eigenvalue weighted by Crippen LogP contribution is 2.21. The largest absolute Gasteiger partial charge is 0.480 e. The molecule has 3 nitrogen and oxygen atoms in total. The molecule has 1 rings (SSSR count). The predicted molar refractivity (Wildman–Crippen MR) is 65.8 cm³/mol. The number of para-hydroxylation sites is 1. The van der Waals surface area contributed by atoms with Gasteiger partial charge >= 0.3 is 5.97 Å². The number of aryl methyl sites for hydroxylation is 1. The van der Waals surface area contributed by atoms with Crippen molar-refractivity contribution in [1.29, 1.82) is 0 Å². The molecule has 0 amide bonds. The Balaban J connectivity index is 2.98. The van der Waals surface area contributed by atoms with Crippen LogP contribution in [0.5, 0.6) is 0 Å². The van der Waals surface area contributed by atoms with E-state index in [2.05, 4.69) is 6.58 Å². The average Bonchev–Trinajstić information content (AvgIpc) is 2.25. The molecule has 1 unspecified atom stereocenters. The molecule has 0 aliphatic carbocycles. The molecule has 86 valence electrons. The summed E-state index contributed by atoms with van der Waals surface area (Å²) in [6.45, 7) is 5.56. The lowest BCUT2D eigenvalue weighted by Crippen LogP contribution is -2.38. The Bertz CT molecular complexity index is 387. The molecule has 0 heterocycles. The smallest absolute Gasteiger partial charge is 0.326 e. The van der Waals surface area contributed by atoms with E-state index < -0.39 is 12.0 Å². The molecule has 0 fully saturated rings. The zero-order valence-electron chi connectivity index (χ0n) is 9.68. The highest BCUT2D eigenvalue weighted by atomic mass is 16.4. The Kier molecular flexibility index (Phi) is 4.11. The highest BCUT2D eigenvalue weighted by molar-refractivity contribution is 5.78. The monoisotopic (exact) mass is 219 g/mol. The summed E-state index contributed by atoms with van der Waals surface area (Å²) < 4.78 is 0. The second-order valence-electron chi connectivity index (χ2n) is 3.78. The molecule has 1 atom stereocenters. The first-order valence-corrected chi connectivity index (χ1v) is 5.20. The van der Waals surface area contributed by atoms with Crippen LogP contribution in [0.4, 0.5) is 5.69 Å². The average molecular weight is 219 g/mol. The fourth-order valence-corrected chi connectivity index (χ4v) is 1.71. The van der Waals surface area contributed by atoms with Crippen LogP contribution >= 0.6 is 0 Å². The van der Waals surface area contributed by atoms with Gasteiger partial charge in [-0.05, 0) is 25.0 Å². The molecule has 1 aromatic rings. The van der Waals surface area contributed by atoms with E-state index in [1.165, 1.54) is 0 Å². The minimum atomic E-state index is -0.828. The Labute approximate surface area is 96.0 Å². The molecule has 1 N–H and O–H groups in total. The minimum absolute atomic E-state index is 0.431. The lowest BCUT2D eigenvalue weighted by Gasteiger charge is -2.27. The number of hydrogen-bond donors (Lipinski definition) is 1. The summed E-state index contributed by atoms with van der Waals surface area (Å²) in [6, 6.07) is 7.19. The highest BCUT2D eigenvalue weighted by Gasteiger charge is 2.22. The molecule has 0 aromatic heterocycles. The van der Waals surface area contributed by atoms with Gasteiger partial charge < -0.3 is 10.0 Å². The molecular formula is C13H17NO2. The number of anilines is 1. The molecule has 0 aliphatic heterocycles. The Morgan fingerprint density at radius 1 is 1.56 bits per heavy atom. The number of carboxylic acid groups (broad SMARTS) is 1. The second kappa shape index (κ2) is 5.35. The third-order valence-electron chi connectivity index (χ3n) is 2.64. The summed E-state index contributed by atoms with van der Waals surface area (Å²) in [6.07, 6.45) is 2.06. The van der Waals surface area contributed by atoms with Crippen LogP contribution in [0.15, 0.2) is 36.9 Å². The van der Waals surface area contributed by atoms with Gasteiger partial charge in [-0.2, -0.15) is 0 Å². The number of carboxylic acids is 1. The lowest BCUT2D eigenvalue weighted by molar-refractivity contribution is -0.138. The van der Waals surface area contributed by atoms with Gasteiger partial charge in [0.25, 0.3) is 0 Å². The van der Waals surface area contributed by atoms with Crippen molar-refractivity contribution in [3.8, 4) is 0 Å². The maximum atomic E-state index is 11.1. The van der Waals surface area contributed by atoms with E-state index in [1.54, 1.807) is 18.0 Å². The van der Waals surface area contributed by atoms with Gasteiger partial charge in [0.15, 0.2) is 0 Å². The van der Waals surface area contributed by atoms with Crippen molar-refractivity contribution in [2.45, 2.75) is 19.4 Å². The SMILES string of the molecule is C=CCC(C(=O)O)N(C)c1ccccc1C. The standard InChI is InChI=1S/C13H17NO2/c1-4-7-12(13(15)16)14(3)11-9-6-5-8-10(11)2/h4-6,8-9,12H,1,7H2,2-3H3,(H,15,16). The summed E-state index contributed by atoms with van der Waals surface area (Å²) in [7, 11) is 1.80. The molecule has 0 radical (unpaired) electrons. The van der Waals surface area contributed by atoms with Gasteiger partial charge in [0.2, 0.25) is 0 Å². The molecule has 0 spiro atoms. The number of likely N-dealkylation sites (N-methyl/N-ethyl adjacent to an activating group) is 1. The van der Waals surface area contributed by atoms with Crippen LogP contribution in [0.2, 0.25) is 0 Å². The van der Waals surface area contributed by atoms with Crippen molar-refractivity contribution >= 4 is 11.7 Å². The maximum Gasteiger partial charge on any atom is 0.326 e. The summed E-state index contributed by atoms with van der Waals surface area (Å²) in [5.74, 6) is -0.828. The third kappa shape index (κ3) is 2.63. The third-order valence-corrected chi connectivity index (χ3v) is 2.64. The number of carbonyl (C=O) groups is 1. The summed E-state index contributed by atoms with van der Waals surface area (Å²) in [5, 5.41) is 9.14. The van der Waals surface area contributed by atoms with Gasteiger partial charge in [0.05, 0.1) is 0 Å². The maximum absolute atomic E-state index is 11.1. The van der Waals surface area contributed by atoms with E-state index in [0.29, 0.717) is 6.42 Å². The second-order valence-corrected chi connectivity index (χ2v) is 3.78. The van der Waals surface area contributed by atoms with Gasteiger partial charge in [-0.25, -0.2) is 4.79 Å². The summed E-state index contributed by atoms with van der Waals surface area (Å²) >= 11 is 0. The minimum Gasteiger partial charge on any atom is -0.480 e. The van der Waals surface area contributed by atoms with Crippen molar-refractivity contribution in [2.24, 2.45) is 0 Å². The fourth-order valence-electron chi connectivity index (χ4n) is 1.71. The quantitative estimate of drug-likeness (QED) is 0.773. The zero-order chi connectivity index (χ0) is 12.1. The molecule has 0 saturated carbocycles. The van der Waals surface area contributed by atoms with Crippen molar-refractivity contribution in [1.82, 2.24) is 0 Å². The molecule has 0 saturated heterocycles. The van der Waals surface area contributed by atoms with E-state index in [0.717, 1.165) is 11.3 Å². The number of nitrogens with zero attached hydrogens (tertiary/aromatic N) is 1. The molecule has 3 heteroatoms. The number of rotatable bonds is 5. The van der Waals surface area contributed by atoms with Crippen molar-refractivity contribution in [2.75, 3.05) is 11.9 Å². The molecule has 0 aliphatic rings. The summed E-state index contributed by atoms with van der Waals surface area (Å²) in [4.78, 5) is 12.9. The van der Waals surface area contributed by atoms with Crippen LogP contribution in [0.1, 0.15) is 12.0 Å². The van der Waals surface area contributed by atoms with Gasteiger partial charge in [-0.1, -0.05) is 24.3 Å². The molecular weight excluding hydrogens is 202 g/mol. The van der Waals surface area contributed by atoms with E-state index in [1.807, 2.05) is 31.2 Å². The predicted octanol–water partition coefficient (Wildman–Crippen LogP) is 2.46. The lowest BCUT2D eigenvalue weighted by atomic mass is 10.1. The zero-order valence-corrected chi connectivity index (χ0v) is 9.68. The Hall–Kier alpha value is -1.77. The first-order chi connectivity index (χ1) is 7.57. The van der Waals surface area contributed by atoms with E-state index in [-0.39, 0.29) is 0 Å². The first kappa shape index (κ1) is 12.3. The number of aliphatic carboxylic acids is 1. The van der Waals surface area contributed by atoms with Crippen LogP contribution in [-0.2, 0) is 4.79 Å². The Morgan fingerprint density at radius 2 is 2.19 bits per heavy atom. The van der Waals surface area contributed by atoms with Crippen LogP contribution in [-0.4, -0.2) is 24.2 Å². The normalized spacial score (nSPS) is 11.9. The fraction of sp³-hybridized carbons (Fsp3) is 0.308. The van der Waals surface area contributed by atoms with Gasteiger partial charge in [0.1, 0.15) is 6.04 Å². The topological polar surface area (TPSA) is 40.5 Å². The van der Waals surface area contributed by atoms with Crippen molar-refractivity contribution < 1.29 is 9.90 Å². The van der Waals surface area contributed by atoms with Crippen LogP contribution in [0, 0.1) is 6.92 Å². The Morgan fingerprint density at radius 3 is 2.69 bits per heavy atom. The molecule has 1 aromatic carbocycles. The van der Waals surface area contributed by atoms with Crippen LogP contribution in [0.3, 0.4) is 0 Å². The number of benzene rings is 1.